The van der Waals surface area contributed by atoms with E-state index in [1.54, 1.807) is 12.1 Å². The molecule has 0 spiro atoms. The summed E-state index contributed by atoms with van der Waals surface area (Å²) in [7, 11) is 0. The Labute approximate surface area is 130 Å². The summed E-state index contributed by atoms with van der Waals surface area (Å²) in [6, 6.07) is 16.8. The zero-order chi connectivity index (χ0) is 16.1. The first-order valence-corrected chi connectivity index (χ1v) is 7.24. The summed E-state index contributed by atoms with van der Waals surface area (Å²) >= 11 is 0. The zero-order valence-corrected chi connectivity index (χ0v) is 12.7. The average molecular weight is 294 g/mol. The Kier molecular flexibility index (Phi) is 4.90. The van der Waals surface area contributed by atoms with Crippen molar-refractivity contribution in [3.8, 4) is 6.07 Å². The molecule has 0 aliphatic heterocycles. The maximum atomic E-state index is 10.7. The van der Waals surface area contributed by atoms with E-state index in [1.807, 2.05) is 12.1 Å². The van der Waals surface area contributed by atoms with Gasteiger partial charge in [-0.25, -0.2) is 0 Å². The van der Waals surface area contributed by atoms with Crippen molar-refractivity contribution >= 4 is 5.69 Å². The quantitative estimate of drug-likeness (QED) is 0.599. The van der Waals surface area contributed by atoms with Crippen LogP contribution in [0.4, 0.5) is 5.69 Å². The highest BCUT2D eigenvalue weighted by Gasteiger charge is 2.13. The Morgan fingerprint density at radius 3 is 2.05 bits per heavy atom. The van der Waals surface area contributed by atoms with Gasteiger partial charge < -0.3 is 0 Å². The molecule has 2 rings (SSSR count). The van der Waals surface area contributed by atoms with E-state index in [4.69, 9.17) is 0 Å². The highest BCUT2D eigenvalue weighted by Crippen LogP contribution is 2.24. The van der Waals surface area contributed by atoms with Gasteiger partial charge in [0, 0.05) is 12.1 Å². The van der Waals surface area contributed by atoms with Crippen molar-refractivity contribution in [1.82, 2.24) is 0 Å². The summed E-state index contributed by atoms with van der Waals surface area (Å²) in [6.07, 6.45) is 0.551. The summed E-state index contributed by atoms with van der Waals surface area (Å²) in [4.78, 5) is 10.2. The third-order valence-corrected chi connectivity index (χ3v) is 3.75. The maximum absolute atomic E-state index is 10.7. The van der Waals surface area contributed by atoms with E-state index in [-0.39, 0.29) is 11.6 Å². The third kappa shape index (κ3) is 3.70. The van der Waals surface area contributed by atoms with Crippen LogP contribution < -0.4 is 0 Å². The molecule has 22 heavy (non-hydrogen) atoms. The lowest BCUT2D eigenvalue weighted by Gasteiger charge is -2.11. The Morgan fingerprint density at radius 2 is 1.59 bits per heavy atom. The zero-order valence-electron chi connectivity index (χ0n) is 12.7. The summed E-state index contributed by atoms with van der Waals surface area (Å²) in [5, 5.41) is 20.1. The topological polar surface area (TPSA) is 66.9 Å². The number of hydrogen-bond acceptors (Lipinski definition) is 3. The third-order valence-electron chi connectivity index (χ3n) is 3.75. The number of nitro benzene ring substituents is 1. The van der Waals surface area contributed by atoms with E-state index in [2.05, 4.69) is 32.0 Å². The minimum Gasteiger partial charge on any atom is -0.258 e. The molecule has 112 valence electrons. The second-order valence-electron chi connectivity index (χ2n) is 5.63. The van der Waals surface area contributed by atoms with Crippen molar-refractivity contribution in [3.05, 3.63) is 75.3 Å². The van der Waals surface area contributed by atoms with Gasteiger partial charge >= 0.3 is 0 Å². The molecule has 0 bridgehead atoms. The summed E-state index contributed by atoms with van der Waals surface area (Å²) in [5.74, 6) is 0.215. The molecule has 0 aromatic heterocycles. The standard InChI is InChI=1S/C18H18N2O2/c1-13(2)15-5-7-16(8-6-15)17(12-19)11-14-3-9-18(10-4-14)20(21)22/h3-10,13,17H,11H2,1-2H3. The first-order chi connectivity index (χ1) is 10.5. The van der Waals surface area contributed by atoms with E-state index in [1.165, 1.54) is 17.7 Å². The Hall–Kier alpha value is -2.67. The number of nitro groups is 1. The van der Waals surface area contributed by atoms with Crippen LogP contribution in [-0.4, -0.2) is 4.92 Å². The number of rotatable bonds is 5. The van der Waals surface area contributed by atoms with Gasteiger partial charge in [0.25, 0.3) is 5.69 Å². The molecule has 0 fully saturated rings. The smallest absolute Gasteiger partial charge is 0.258 e. The van der Waals surface area contributed by atoms with E-state index >= 15 is 0 Å². The van der Waals surface area contributed by atoms with Crippen LogP contribution in [0.2, 0.25) is 0 Å². The summed E-state index contributed by atoms with van der Waals surface area (Å²) in [5.41, 5.74) is 3.21. The molecule has 2 aromatic carbocycles. The molecular formula is C18H18N2O2. The molecule has 0 heterocycles. The molecular weight excluding hydrogens is 276 g/mol. The fraction of sp³-hybridized carbons (Fsp3) is 0.278. The van der Waals surface area contributed by atoms with Crippen LogP contribution in [0.15, 0.2) is 48.5 Å². The number of hydrogen-bond donors (Lipinski definition) is 0. The molecule has 1 unspecified atom stereocenters. The van der Waals surface area contributed by atoms with Gasteiger partial charge in [0.15, 0.2) is 0 Å². The van der Waals surface area contributed by atoms with Crippen LogP contribution >= 0.6 is 0 Å². The summed E-state index contributed by atoms with van der Waals surface area (Å²) < 4.78 is 0. The molecule has 0 saturated heterocycles. The molecule has 4 heteroatoms. The lowest BCUT2D eigenvalue weighted by molar-refractivity contribution is -0.384. The molecule has 0 aliphatic rings. The van der Waals surface area contributed by atoms with E-state index in [0.29, 0.717) is 12.3 Å². The van der Waals surface area contributed by atoms with E-state index < -0.39 is 4.92 Å². The predicted octanol–water partition coefficient (Wildman–Crippen LogP) is 4.57. The monoisotopic (exact) mass is 294 g/mol. The fourth-order valence-electron chi connectivity index (χ4n) is 2.34. The lowest BCUT2D eigenvalue weighted by atomic mass is 9.91. The molecule has 1 atom stereocenters. The minimum absolute atomic E-state index is 0.0681. The second-order valence-corrected chi connectivity index (χ2v) is 5.63. The minimum atomic E-state index is -0.420. The number of non-ortho nitro benzene ring substituents is 1. The van der Waals surface area contributed by atoms with Gasteiger partial charge in [-0.1, -0.05) is 50.2 Å². The molecule has 0 radical (unpaired) electrons. The van der Waals surface area contributed by atoms with Crippen LogP contribution in [0.25, 0.3) is 0 Å². The first-order valence-electron chi connectivity index (χ1n) is 7.24. The molecule has 0 N–H and O–H groups in total. The predicted molar refractivity (Wildman–Crippen MR) is 85.7 cm³/mol. The molecule has 0 aliphatic carbocycles. The Morgan fingerprint density at radius 1 is 1.05 bits per heavy atom. The Balaban J connectivity index is 2.15. The first kappa shape index (κ1) is 15.7. The fourth-order valence-corrected chi connectivity index (χ4v) is 2.34. The van der Waals surface area contributed by atoms with Crippen LogP contribution in [0.3, 0.4) is 0 Å². The van der Waals surface area contributed by atoms with Gasteiger partial charge in [0.05, 0.1) is 16.9 Å². The van der Waals surface area contributed by atoms with E-state index in [0.717, 1.165) is 11.1 Å². The van der Waals surface area contributed by atoms with Crippen molar-refractivity contribution in [2.75, 3.05) is 0 Å². The highest BCUT2D eigenvalue weighted by atomic mass is 16.6. The second kappa shape index (κ2) is 6.86. The van der Waals surface area contributed by atoms with Crippen LogP contribution in [0.1, 0.15) is 42.4 Å². The van der Waals surface area contributed by atoms with Crippen LogP contribution in [-0.2, 0) is 6.42 Å². The van der Waals surface area contributed by atoms with Crippen LogP contribution in [0.5, 0.6) is 0 Å². The number of nitriles is 1. The van der Waals surface area contributed by atoms with Gasteiger partial charge in [-0.3, -0.25) is 10.1 Å². The SMILES string of the molecule is CC(C)c1ccc(C(C#N)Cc2ccc([N+](=O)[O-])cc2)cc1. The van der Waals surface area contributed by atoms with Crippen molar-refractivity contribution in [3.63, 3.8) is 0 Å². The normalized spacial score (nSPS) is 11.9. The van der Waals surface area contributed by atoms with Gasteiger partial charge in [-0.2, -0.15) is 5.26 Å². The summed E-state index contributed by atoms with van der Waals surface area (Å²) in [6.45, 7) is 4.27. The van der Waals surface area contributed by atoms with Crippen molar-refractivity contribution in [2.24, 2.45) is 0 Å². The number of benzene rings is 2. The Bertz CT molecular complexity index is 683. The molecule has 4 nitrogen and oxygen atoms in total. The largest absolute Gasteiger partial charge is 0.269 e. The molecule has 2 aromatic rings. The maximum Gasteiger partial charge on any atom is 0.269 e. The van der Waals surface area contributed by atoms with Crippen LogP contribution in [0, 0.1) is 21.4 Å². The van der Waals surface area contributed by atoms with Gasteiger partial charge in [-0.15, -0.1) is 0 Å². The highest BCUT2D eigenvalue weighted by molar-refractivity contribution is 5.36. The van der Waals surface area contributed by atoms with Crippen molar-refractivity contribution in [2.45, 2.75) is 32.1 Å². The van der Waals surface area contributed by atoms with Crippen molar-refractivity contribution < 1.29 is 4.92 Å². The molecule has 0 saturated carbocycles. The molecule has 0 amide bonds. The number of nitrogens with zero attached hydrogens (tertiary/aromatic N) is 2. The van der Waals surface area contributed by atoms with Crippen molar-refractivity contribution in [1.29, 1.82) is 5.26 Å². The average Bonchev–Trinajstić information content (AvgIpc) is 2.53. The lowest BCUT2D eigenvalue weighted by Crippen LogP contribution is -2.01. The van der Waals surface area contributed by atoms with E-state index in [9.17, 15) is 15.4 Å². The van der Waals surface area contributed by atoms with Gasteiger partial charge in [0.1, 0.15) is 0 Å². The van der Waals surface area contributed by atoms with Gasteiger partial charge in [0.2, 0.25) is 0 Å². The van der Waals surface area contributed by atoms with Gasteiger partial charge in [-0.05, 0) is 29.0 Å².